The molecule has 3 atom stereocenters. The first-order valence-corrected chi connectivity index (χ1v) is 8.63. The minimum atomic E-state index is -3.42. The highest BCUT2D eigenvalue weighted by atomic mass is 32.2. The van der Waals surface area contributed by atoms with Crippen LogP contribution in [0.4, 0.5) is 0 Å². The van der Waals surface area contributed by atoms with Gasteiger partial charge in [-0.1, -0.05) is 26.0 Å². The average molecular weight is 318 g/mol. The van der Waals surface area contributed by atoms with Gasteiger partial charge < -0.3 is 9.84 Å². The zero-order valence-electron chi connectivity index (χ0n) is 12.6. The normalized spacial score (nSPS) is 27.2. The van der Waals surface area contributed by atoms with Crippen LogP contribution in [0.3, 0.4) is 0 Å². The molecule has 0 radical (unpaired) electrons. The maximum Gasteiger partial charge on any atom is 0.209 e. The third-order valence-electron chi connectivity index (χ3n) is 3.32. The van der Waals surface area contributed by atoms with Crippen molar-refractivity contribution in [3.8, 4) is 0 Å². The van der Waals surface area contributed by atoms with Gasteiger partial charge in [0.05, 0.1) is 43.4 Å². The van der Waals surface area contributed by atoms with Crippen LogP contribution in [-0.2, 0) is 26.7 Å². The van der Waals surface area contributed by atoms with E-state index in [1.807, 2.05) is 27.0 Å². The lowest BCUT2D eigenvalue weighted by atomic mass is 9.93. The molecular weight excluding hydrogens is 296 g/mol. The third-order valence-corrected chi connectivity index (χ3v) is 4.02. The van der Waals surface area contributed by atoms with E-state index in [-0.39, 0.29) is 12.0 Å². The molecule has 2 N–H and O–H groups in total. The molecule has 2 heterocycles. The van der Waals surface area contributed by atoms with Gasteiger partial charge in [-0.05, 0) is 0 Å². The van der Waals surface area contributed by atoms with Crippen molar-refractivity contribution in [2.75, 3.05) is 12.9 Å². The molecule has 0 aliphatic carbocycles. The molecule has 120 valence electrons. The summed E-state index contributed by atoms with van der Waals surface area (Å²) in [6.45, 7) is 6.52. The zero-order valence-corrected chi connectivity index (χ0v) is 13.5. The van der Waals surface area contributed by atoms with E-state index in [1.54, 1.807) is 4.68 Å². The first kappa shape index (κ1) is 16.3. The van der Waals surface area contributed by atoms with E-state index in [2.05, 4.69) is 15.0 Å². The van der Waals surface area contributed by atoms with Crippen molar-refractivity contribution >= 4 is 10.0 Å². The molecule has 8 nitrogen and oxygen atoms in total. The summed E-state index contributed by atoms with van der Waals surface area (Å²) in [4.78, 5) is 0. The number of sulfonamides is 1. The molecule has 2 rings (SSSR count). The highest BCUT2D eigenvalue weighted by Crippen LogP contribution is 2.20. The predicted octanol–water partition coefficient (Wildman–Crippen LogP) is -0.747. The van der Waals surface area contributed by atoms with Gasteiger partial charge in [0.25, 0.3) is 0 Å². The van der Waals surface area contributed by atoms with Crippen molar-refractivity contribution in [1.29, 1.82) is 0 Å². The molecule has 0 unspecified atom stereocenters. The Morgan fingerprint density at radius 1 is 1.52 bits per heavy atom. The fourth-order valence-electron chi connectivity index (χ4n) is 2.16. The van der Waals surface area contributed by atoms with Gasteiger partial charge in [-0.25, -0.2) is 17.8 Å². The second kappa shape index (κ2) is 5.64. The monoisotopic (exact) mass is 318 g/mol. The fourth-order valence-corrected chi connectivity index (χ4v) is 2.96. The summed E-state index contributed by atoms with van der Waals surface area (Å²) in [6.07, 6.45) is 1.52. The van der Waals surface area contributed by atoms with E-state index in [0.717, 1.165) is 11.9 Å². The quantitative estimate of drug-likeness (QED) is 0.757. The Bertz CT molecular complexity index is 593. The van der Waals surface area contributed by atoms with Gasteiger partial charge in [0.15, 0.2) is 0 Å². The van der Waals surface area contributed by atoms with Gasteiger partial charge in [-0.2, -0.15) is 0 Å². The van der Waals surface area contributed by atoms with Crippen LogP contribution in [0.2, 0.25) is 0 Å². The van der Waals surface area contributed by atoms with Crippen molar-refractivity contribution in [2.45, 2.75) is 51.0 Å². The number of hydrogen-bond donors (Lipinski definition) is 2. The zero-order chi connectivity index (χ0) is 15.8. The summed E-state index contributed by atoms with van der Waals surface area (Å²) in [5.41, 5.74) is 0.729. The molecular formula is C12H22N4O4S. The van der Waals surface area contributed by atoms with Crippen LogP contribution in [0.1, 0.15) is 26.5 Å². The maximum absolute atomic E-state index is 11.4. The van der Waals surface area contributed by atoms with E-state index in [1.165, 1.54) is 0 Å². The van der Waals surface area contributed by atoms with Crippen molar-refractivity contribution in [3.05, 3.63) is 11.9 Å². The minimum Gasteiger partial charge on any atom is -0.389 e. The maximum atomic E-state index is 11.4. The van der Waals surface area contributed by atoms with Crippen LogP contribution in [0, 0.1) is 0 Å². The van der Waals surface area contributed by atoms with Gasteiger partial charge in [-0.15, -0.1) is 5.10 Å². The van der Waals surface area contributed by atoms with E-state index >= 15 is 0 Å². The molecule has 9 heteroatoms. The van der Waals surface area contributed by atoms with Gasteiger partial charge in [0, 0.05) is 11.6 Å². The molecule has 1 aliphatic heterocycles. The number of aromatic nitrogens is 3. The molecule has 1 saturated heterocycles. The van der Waals surface area contributed by atoms with E-state index < -0.39 is 28.3 Å². The lowest BCUT2D eigenvalue weighted by Crippen LogP contribution is -2.47. The number of hydrogen-bond acceptors (Lipinski definition) is 6. The topological polar surface area (TPSA) is 106 Å². The second-order valence-corrected chi connectivity index (χ2v) is 8.21. The Labute approximate surface area is 124 Å². The lowest BCUT2D eigenvalue weighted by Gasteiger charge is -2.20. The lowest BCUT2D eigenvalue weighted by molar-refractivity contribution is 0.0753. The summed E-state index contributed by atoms with van der Waals surface area (Å²) >= 11 is 0. The van der Waals surface area contributed by atoms with Gasteiger partial charge in [0.1, 0.15) is 0 Å². The number of nitrogens with one attached hydrogen (secondary N) is 1. The van der Waals surface area contributed by atoms with Crippen LogP contribution < -0.4 is 4.72 Å². The summed E-state index contributed by atoms with van der Waals surface area (Å²) in [6, 6.07) is -0.678. The summed E-state index contributed by atoms with van der Waals surface area (Å²) in [7, 11) is -3.42. The molecule has 0 bridgehead atoms. The number of rotatable bonds is 4. The fraction of sp³-hybridized carbons (Fsp3) is 0.833. The molecule has 0 saturated carbocycles. The van der Waals surface area contributed by atoms with Gasteiger partial charge in [-0.3, -0.25) is 0 Å². The van der Waals surface area contributed by atoms with Crippen LogP contribution >= 0.6 is 0 Å². The summed E-state index contributed by atoms with van der Waals surface area (Å²) < 4.78 is 32.2. The Kier molecular flexibility index (Phi) is 4.39. The number of nitrogens with zero attached hydrogens (tertiary/aromatic N) is 3. The number of aliphatic hydroxyl groups is 1. The van der Waals surface area contributed by atoms with Crippen molar-refractivity contribution < 1.29 is 18.3 Å². The molecule has 0 amide bonds. The van der Waals surface area contributed by atoms with E-state index in [0.29, 0.717) is 6.54 Å². The first-order chi connectivity index (χ1) is 9.56. The Hall–Kier alpha value is -1.03. The standard InChI is InChI=1S/C12H22N4O4S/c1-12(2,3)10-6-16(15-13-10)5-9-11(8(17)7-20-9)14-21(4,18)19/h6,8-9,11,14,17H,5,7H2,1-4H3/t8-,9+,11+/m0/s1. The van der Waals surface area contributed by atoms with Crippen molar-refractivity contribution in [2.24, 2.45) is 0 Å². The molecule has 1 fully saturated rings. The number of aliphatic hydroxyl groups excluding tert-OH is 1. The predicted molar refractivity (Wildman–Crippen MR) is 76.2 cm³/mol. The van der Waals surface area contributed by atoms with Crippen LogP contribution in [0.5, 0.6) is 0 Å². The van der Waals surface area contributed by atoms with Crippen molar-refractivity contribution in [1.82, 2.24) is 19.7 Å². The molecule has 21 heavy (non-hydrogen) atoms. The summed E-state index contributed by atoms with van der Waals surface area (Å²) in [5, 5.41) is 18.0. The van der Waals surface area contributed by atoms with E-state index in [9.17, 15) is 13.5 Å². The Morgan fingerprint density at radius 2 is 2.19 bits per heavy atom. The number of ether oxygens (including phenoxy) is 1. The largest absolute Gasteiger partial charge is 0.389 e. The van der Waals surface area contributed by atoms with Gasteiger partial charge in [0.2, 0.25) is 10.0 Å². The minimum absolute atomic E-state index is 0.0959. The average Bonchev–Trinajstić information content (AvgIpc) is 2.89. The highest BCUT2D eigenvalue weighted by molar-refractivity contribution is 7.88. The first-order valence-electron chi connectivity index (χ1n) is 6.74. The highest BCUT2D eigenvalue weighted by Gasteiger charge is 2.38. The van der Waals surface area contributed by atoms with Gasteiger partial charge >= 0.3 is 0 Å². The van der Waals surface area contributed by atoms with Crippen LogP contribution in [-0.4, -0.2) is 59.6 Å². The van der Waals surface area contributed by atoms with Crippen molar-refractivity contribution in [3.63, 3.8) is 0 Å². The molecule has 0 spiro atoms. The summed E-state index contributed by atoms with van der Waals surface area (Å²) in [5.74, 6) is 0. The molecule has 1 aromatic heterocycles. The second-order valence-electron chi connectivity index (χ2n) is 6.43. The molecule has 1 aromatic rings. The van der Waals surface area contributed by atoms with E-state index in [4.69, 9.17) is 4.74 Å². The SMILES string of the molecule is CC(C)(C)c1cn(C[C@H]2OC[C@H](O)[C@H]2NS(C)(=O)=O)nn1. The Morgan fingerprint density at radius 3 is 2.71 bits per heavy atom. The van der Waals surface area contributed by atoms with Crippen LogP contribution in [0.15, 0.2) is 6.20 Å². The molecule has 1 aliphatic rings. The third kappa shape index (κ3) is 4.22. The molecule has 0 aromatic carbocycles. The van der Waals surface area contributed by atoms with Crippen LogP contribution in [0.25, 0.3) is 0 Å². The smallest absolute Gasteiger partial charge is 0.209 e. The Balaban J connectivity index is 2.09.